The number of nitrogens with one attached hydrogen (secondary N) is 1. The van der Waals surface area contributed by atoms with Crippen LogP contribution in [0.5, 0.6) is 0 Å². The van der Waals surface area contributed by atoms with Gasteiger partial charge in [0.25, 0.3) is 0 Å². The number of aryl methyl sites for hydroxylation is 1. The van der Waals surface area contributed by atoms with Crippen LogP contribution in [0.1, 0.15) is 45.0 Å². The van der Waals surface area contributed by atoms with E-state index in [0.717, 1.165) is 18.8 Å². The second kappa shape index (κ2) is 5.78. The van der Waals surface area contributed by atoms with E-state index in [1.165, 1.54) is 12.8 Å². The average Bonchev–Trinajstić information content (AvgIpc) is 2.67. The molecule has 0 saturated heterocycles. The molecule has 1 rings (SSSR count). The third-order valence-corrected chi connectivity index (χ3v) is 2.45. The average molecular weight is 196 g/mol. The van der Waals surface area contributed by atoms with Gasteiger partial charge in [0.1, 0.15) is 5.82 Å². The lowest BCUT2D eigenvalue weighted by atomic mass is 10.1. The lowest BCUT2D eigenvalue weighted by molar-refractivity contribution is 0.454. The summed E-state index contributed by atoms with van der Waals surface area (Å²) in [7, 11) is 0. The number of hydrogen-bond acceptors (Lipinski definition) is 3. The second-order valence-electron chi connectivity index (χ2n) is 3.43. The summed E-state index contributed by atoms with van der Waals surface area (Å²) in [5.74, 6) is 6.57. The fourth-order valence-corrected chi connectivity index (χ4v) is 1.59. The highest BCUT2D eigenvalue weighted by molar-refractivity contribution is 4.98. The molecule has 0 fully saturated rings. The number of nitrogens with zero attached hydrogens (tertiary/aromatic N) is 2. The van der Waals surface area contributed by atoms with Crippen molar-refractivity contribution in [3.8, 4) is 0 Å². The molecule has 0 amide bonds. The van der Waals surface area contributed by atoms with Gasteiger partial charge in [-0.1, -0.05) is 19.8 Å². The number of hydrazine groups is 1. The molecule has 1 unspecified atom stereocenters. The molecule has 14 heavy (non-hydrogen) atoms. The maximum absolute atomic E-state index is 5.53. The largest absolute Gasteiger partial charge is 0.334 e. The van der Waals surface area contributed by atoms with Crippen molar-refractivity contribution in [2.75, 3.05) is 0 Å². The summed E-state index contributed by atoms with van der Waals surface area (Å²) >= 11 is 0. The highest BCUT2D eigenvalue weighted by Crippen LogP contribution is 2.16. The molecule has 1 atom stereocenters. The second-order valence-corrected chi connectivity index (χ2v) is 3.43. The first-order valence-electron chi connectivity index (χ1n) is 5.30. The van der Waals surface area contributed by atoms with Crippen LogP contribution >= 0.6 is 0 Å². The van der Waals surface area contributed by atoms with Crippen molar-refractivity contribution in [2.45, 2.75) is 45.7 Å². The van der Waals surface area contributed by atoms with Crippen molar-refractivity contribution in [3.05, 3.63) is 18.2 Å². The standard InChI is InChI=1S/C10H20N4/c1-3-5-6-9(13-11)10-12-7-8-14(10)4-2/h7-9,13H,3-6,11H2,1-2H3. The maximum atomic E-state index is 5.53. The smallest absolute Gasteiger partial charge is 0.127 e. The van der Waals surface area contributed by atoms with E-state index in [1.807, 2.05) is 12.4 Å². The van der Waals surface area contributed by atoms with Crippen LogP contribution in [-0.2, 0) is 6.54 Å². The molecule has 1 aromatic heterocycles. The predicted molar refractivity (Wildman–Crippen MR) is 57.5 cm³/mol. The topological polar surface area (TPSA) is 55.9 Å². The zero-order valence-electron chi connectivity index (χ0n) is 9.03. The van der Waals surface area contributed by atoms with Crippen molar-refractivity contribution in [1.29, 1.82) is 0 Å². The third-order valence-electron chi connectivity index (χ3n) is 2.45. The zero-order chi connectivity index (χ0) is 10.4. The summed E-state index contributed by atoms with van der Waals surface area (Å²) < 4.78 is 2.13. The monoisotopic (exact) mass is 196 g/mol. The fourth-order valence-electron chi connectivity index (χ4n) is 1.59. The lowest BCUT2D eigenvalue weighted by Crippen LogP contribution is -2.30. The molecule has 1 aromatic rings. The van der Waals surface area contributed by atoms with E-state index >= 15 is 0 Å². The predicted octanol–water partition coefficient (Wildman–Crippen LogP) is 1.60. The number of nitrogens with two attached hydrogens (primary N) is 1. The number of unbranched alkanes of at least 4 members (excludes halogenated alkanes) is 1. The first-order valence-corrected chi connectivity index (χ1v) is 5.30. The van der Waals surface area contributed by atoms with Crippen LogP contribution in [0.25, 0.3) is 0 Å². The molecule has 0 aliphatic rings. The molecule has 0 aliphatic heterocycles. The summed E-state index contributed by atoms with van der Waals surface area (Å²) in [5, 5.41) is 0. The van der Waals surface area contributed by atoms with E-state index in [2.05, 4.69) is 28.8 Å². The van der Waals surface area contributed by atoms with E-state index in [4.69, 9.17) is 5.84 Å². The van der Waals surface area contributed by atoms with Crippen LogP contribution in [0, 0.1) is 0 Å². The van der Waals surface area contributed by atoms with E-state index in [9.17, 15) is 0 Å². The molecule has 4 nitrogen and oxygen atoms in total. The van der Waals surface area contributed by atoms with Gasteiger partial charge in [-0.3, -0.25) is 5.84 Å². The summed E-state index contributed by atoms with van der Waals surface area (Å²) in [6, 6.07) is 0.185. The number of imidazole rings is 1. The quantitative estimate of drug-likeness (QED) is 0.536. The third kappa shape index (κ3) is 2.56. The van der Waals surface area contributed by atoms with Gasteiger partial charge in [-0.15, -0.1) is 0 Å². The van der Waals surface area contributed by atoms with Crippen LogP contribution in [0.3, 0.4) is 0 Å². The first kappa shape index (κ1) is 11.2. The van der Waals surface area contributed by atoms with Gasteiger partial charge >= 0.3 is 0 Å². The highest BCUT2D eigenvalue weighted by atomic mass is 15.3. The molecular weight excluding hydrogens is 176 g/mol. The summed E-state index contributed by atoms with van der Waals surface area (Å²) in [5.41, 5.74) is 2.83. The van der Waals surface area contributed by atoms with Crippen LogP contribution in [-0.4, -0.2) is 9.55 Å². The van der Waals surface area contributed by atoms with E-state index in [1.54, 1.807) is 0 Å². The minimum Gasteiger partial charge on any atom is -0.334 e. The van der Waals surface area contributed by atoms with Crippen molar-refractivity contribution >= 4 is 0 Å². The first-order chi connectivity index (χ1) is 6.83. The van der Waals surface area contributed by atoms with E-state index in [-0.39, 0.29) is 6.04 Å². The molecule has 1 heterocycles. The Bertz CT molecular complexity index is 256. The Hall–Kier alpha value is -0.870. The molecular formula is C10H20N4. The minimum absolute atomic E-state index is 0.185. The molecule has 3 N–H and O–H groups in total. The Morgan fingerprint density at radius 3 is 2.93 bits per heavy atom. The van der Waals surface area contributed by atoms with Gasteiger partial charge < -0.3 is 4.57 Å². The van der Waals surface area contributed by atoms with Crippen molar-refractivity contribution in [3.63, 3.8) is 0 Å². The number of hydrogen-bond donors (Lipinski definition) is 2. The Morgan fingerprint density at radius 1 is 1.57 bits per heavy atom. The Balaban J connectivity index is 2.67. The Labute approximate surface area is 85.5 Å². The maximum Gasteiger partial charge on any atom is 0.127 e. The molecule has 0 aliphatic carbocycles. The van der Waals surface area contributed by atoms with Crippen molar-refractivity contribution in [1.82, 2.24) is 15.0 Å². The molecule has 4 heteroatoms. The van der Waals surface area contributed by atoms with Crippen molar-refractivity contribution in [2.24, 2.45) is 5.84 Å². The van der Waals surface area contributed by atoms with Crippen molar-refractivity contribution < 1.29 is 0 Å². The van der Waals surface area contributed by atoms with E-state index < -0.39 is 0 Å². The number of aromatic nitrogens is 2. The minimum atomic E-state index is 0.185. The van der Waals surface area contributed by atoms with Gasteiger partial charge in [-0.25, -0.2) is 10.4 Å². The van der Waals surface area contributed by atoms with Gasteiger partial charge in [0, 0.05) is 18.9 Å². The highest BCUT2D eigenvalue weighted by Gasteiger charge is 2.13. The number of rotatable bonds is 6. The van der Waals surface area contributed by atoms with E-state index in [0.29, 0.717) is 0 Å². The fraction of sp³-hybridized carbons (Fsp3) is 0.700. The SMILES string of the molecule is CCCCC(NN)c1nccn1CC. The molecule has 80 valence electrons. The summed E-state index contributed by atoms with van der Waals surface area (Å²) in [6.07, 6.45) is 7.22. The van der Waals surface area contributed by atoms with Gasteiger partial charge in [0.15, 0.2) is 0 Å². The Morgan fingerprint density at radius 2 is 2.36 bits per heavy atom. The molecule has 0 radical (unpaired) electrons. The van der Waals surface area contributed by atoms with Gasteiger partial charge in [-0.2, -0.15) is 0 Å². The van der Waals surface area contributed by atoms with Crippen LogP contribution in [0.15, 0.2) is 12.4 Å². The van der Waals surface area contributed by atoms with Crippen LogP contribution in [0.2, 0.25) is 0 Å². The molecule has 0 aromatic carbocycles. The van der Waals surface area contributed by atoms with Gasteiger partial charge in [-0.05, 0) is 13.3 Å². The van der Waals surface area contributed by atoms with Crippen LogP contribution < -0.4 is 11.3 Å². The Kier molecular flexibility index (Phi) is 4.62. The summed E-state index contributed by atoms with van der Waals surface area (Å²) in [4.78, 5) is 4.33. The lowest BCUT2D eigenvalue weighted by Gasteiger charge is -2.16. The van der Waals surface area contributed by atoms with Gasteiger partial charge in [0.05, 0.1) is 6.04 Å². The molecule has 0 saturated carbocycles. The van der Waals surface area contributed by atoms with Gasteiger partial charge in [0.2, 0.25) is 0 Å². The summed E-state index contributed by atoms with van der Waals surface area (Å²) in [6.45, 7) is 5.23. The molecule has 0 spiro atoms. The normalized spacial score (nSPS) is 13.1. The van der Waals surface area contributed by atoms with Crippen LogP contribution in [0.4, 0.5) is 0 Å². The molecule has 0 bridgehead atoms. The zero-order valence-corrected chi connectivity index (χ0v) is 9.03.